The summed E-state index contributed by atoms with van der Waals surface area (Å²) < 4.78 is 45.8. The van der Waals surface area contributed by atoms with Gasteiger partial charge in [0, 0.05) is 27.7 Å². The van der Waals surface area contributed by atoms with Gasteiger partial charge in [-0.15, -0.1) is 5.10 Å². The number of esters is 4. The fourth-order valence-corrected chi connectivity index (χ4v) is 6.75. The quantitative estimate of drug-likeness (QED) is 0.138. The Hall–Kier alpha value is -6.60. The lowest BCUT2D eigenvalue weighted by molar-refractivity contribution is -0.310. The highest BCUT2D eigenvalue weighted by molar-refractivity contribution is 5.86. The second-order valence-electron chi connectivity index (χ2n) is 13.3. The van der Waals surface area contributed by atoms with Crippen molar-refractivity contribution in [2.75, 3.05) is 19.8 Å². The fourth-order valence-electron chi connectivity index (χ4n) is 6.75. The number of rotatable bonds is 14. The lowest BCUT2D eigenvalue weighted by atomic mass is 9.90. The molecule has 5 rings (SSSR count). The fraction of sp³-hybridized carbons (Fsp3) is 0.415. The topological polar surface area (TPSA) is 222 Å². The molecular formula is C41H47N5O14. The van der Waals surface area contributed by atoms with Crippen molar-refractivity contribution in [3.63, 3.8) is 0 Å². The molecule has 60 heavy (non-hydrogen) atoms. The predicted molar refractivity (Wildman–Crippen MR) is 207 cm³/mol. The van der Waals surface area contributed by atoms with Crippen molar-refractivity contribution in [3.8, 4) is 0 Å². The summed E-state index contributed by atoms with van der Waals surface area (Å²) in [7, 11) is 0. The highest BCUT2D eigenvalue weighted by Crippen LogP contribution is 2.39. The molecule has 1 saturated heterocycles. The molecule has 2 heterocycles. The molecule has 1 aliphatic carbocycles. The maximum Gasteiger partial charge on any atom is 0.429 e. The van der Waals surface area contributed by atoms with E-state index in [9.17, 15) is 28.8 Å². The Morgan fingerprint density at radius 3 is 1.90 bits per heavy atom. The third-order valence-corrected chi connectivity index (χ3v) is 8.97. The number of carbonyl (C=O) groups excluding carboxylic acids is 6. The standard InChI is InChI=1S/C41H47N5O14/c1-7-53-40(51)43-46(41(52)54-8-2)35-31(34(28-15-11-9-12-16-28)29-17-13-10-14-18-29)19-20-32(35)45-21-30(42-44-45)22-56-39-38(59-27(6)50)37(58-26(5)49)36(57-25(4)48)33(60-39)23-55-24(3)47/h9-21,32-33,35-39H,7-8,22-23H2,1-6H3,(H,43,51)/t32-,33-,35-,36-,37+,38+,39+/m1/s1. The van der Waals surface area contributed by atoms with Gasteiger partial charge in [0.1, 0.15) is 24.4 Å². The van der Waals surface area contributed by atoms with Crippen molar-refractivity contribution in [2.24, 2.45) is 0 Å². The number of ether oxygens (including phenoxy) is 8. The van der Waals surface area contributed by atoms with Crippen molar-refractivity contribution in [1.29, 1.82) is 0 Å². The van der Waals surface area contributed by atoms with E-state index in [1.165, 1.54) is 10.9 Å². The molecule has 1 aliphatic heterocycles. The predicted octanol–water partition coefficient (Wildman–Crippen LogP) is 3.98. The Morgan fingerprint density at radius 2 is 1.33 bits per heavy atom. The van der Waals surface area contributed by atoms with Gasteiger partial charge in [-0.2, -0.15) is 0 Å². The van der Waals surface area contributed by atoms with Gasteiger partial charge >= 0.3 is 36.1 Å². The lowest BCUT2D eigenvalue weighted by Crippen LogP contribution is -2.62. The van der Waals surface area contributed by atoms with Crippen molar-refractivity contribution in [3.05, 3.63) is 101 Å². The smallest absolute Gasteiger partial charge is 0.429 e. The molecule has 19 heteroatoms. The number of carbonyl (C=O) groups is 6. The molecule has 1 N–H and O–H groups in total. The van der Waals surface area contributed by atoms with Gasteiger partial charge in [0.05, 0.1) is 32.1 Å². The van der Waals surface area contributed by atoms with Gasteiger partial charge in [-0.25, -0.2) is 24.7 Å². The van der Waals surface area contributed by atoms with Crippen LogP contribution in [0.3, 0.4) is 0 Å². The largest absolute Gasteiger partial charge is 0.463 e. The van der Waals surface area contributed by atoms with Gasteiger partial charge in [-0.3, -0.25) is 19.2 Å². The van der Waals surface area contributed by atoms with E-state index in [-0.39, 0.29) is 25.5 Å². The number of amides is 2. The van der Waals surface area contributed by atoms with E-state index in [4.69, 9.17) is 37.9 Å². The summed E-state index contributed by atoms with van der Waals surface area (Å²) in [5.74, 6) is -3.04. The third kappa shape index (κ3) is 11.3. The average Bonchev–Trinajstić information content (AvgIpc) is 3.85. The van der Waals surface area contributed by atoms with Gasteiger partial charge in [-0.05, 0) is 36.1 Å². The molecule has 3 aromatic rings. The monoisotopic (exact) mass is 833 g/mol. The average molecular weight is 834 g/mol. The summed E-state index contributed by atoms with van der Waals surface area (Å²) in [5, 5.41) is 9.71. The van der Waals surface area contributed by atoms with Gasteiger partial charge < -0.3 is 37.9 Å². The number of hydrazine groups is 1. The highest BCUT2D eigenvalue weighted by Gasteiger charge is 2.53. The number of nitrogens with one attached hydrogen (secondary N) is 1. The Bertz CT molecular complexity index is 2010. The van der Waals surface area contributed by atoms with Gasteiger partial charge in [0.25, 0.3) is 0 Å². The molecule has 0 unspecified atom stereocenters. The first kappa shape index (κ1) is 44.5. The number of aromatic nitrogens is 3. The Morgan fingerprint density at radius 1 is 0.750 bits per heavy atom. The maximum absolute atomic E-state index is 13.7. The van der Waals surface area contributed by atoms with Crippen LogP contribution in [0.4, 0.5) is 9.59 Å². The maximum atomic E-state index is 13.7. The molecule has 2 amide bonds. The summed E-state index contributed by atoms with van der Waals surface area (Å²) in [5.41, 5.74) is 5.81. The summed E-state index contributed by atoms with van der Waals surface area (Å²) in [6, 6.07) is 17.2. The molecule has 320 valence electrons. The zero-order valence-corrected chi connectivity index (χ0v) is 33.9. The lowest BCUT2D eigenvalue weighted by Gasteiger charge is -2.43. The van der Waals surface area contributed by atoms with Crippen molar-refractivity contribution in [2.45, 2.75) is 90.9 Å². The SMILES string of the molecule is CCOC(=O)NN(C(=O)OCC)[C@@H]1C(=C(c2ccccc2)c2ccccc2)C=C[C@H]1n1cc(CO[C@H]2O[C@H](COC(C)=O)[C@@H](OC(C)=O)[C@H](OC(C)=O)[C@@H]2OC(C)=O)nn1. The molecule has 19 nitrogen and oxygen atoms in total. The Kier molecular flexibility index (Phi) is 15.5. The normalized spacial score (nSPS) is 21.9. The van der Waals surface area contributed by atoms with E-state index in [1.54, 1.807) is 19.9 Å². The zero-order chi connectivity index (χ0) is 43.3. The molecule has 1 fully saturated rings. The van der Waals surface area contributed by atoms with Crippen molar-refractivity contribution < 1.29 is 66.7 Å². The molecular weight excluding hydrogens is 786 g/mol. The number of hydrogen-bond acceptors (Lipinski definition) is 16. The number of nitrogens with zero attached hydrogens (tertiary/aromatic N) is 4. The van der Waals surface area contributed by atoms with Crippen molar-refractivity contribution in [1.82, 2.24) is 25.4 Å². The minimum atomic E-state index is -1.48. The van der Waals surface area contributed by atoms with E-state index in [0.717, 1.165) is 49.4 Å². The summed E-state index contributed by atoms with van der Waals surface area (Å²) >= 11 is 0. The molecule has 1 aromatic heterocycles. The molecule has 0 bridgehead atoms. The van der Waals surface area contributed by atoms with Crippen LogP contribution in [0.15, 0.2) is 84.6 Å². The Labute approximate surface area is 345 Å². The van der Waals surface area contributed by atoms with Gasteiger partial charge in [0.15, 0.2) is 24.6 Å². The first-order valence-electron chi connectivity index (χ1n) is 19.1. The van der Waals surface area contributed by atoms with Crippen LogP contribution in [0.2, 0.25) is 0 Å². The van der Waals surface area contributed by atoms with Crippen LogP contribution in [0.1, 0.15) is 64.4 Å². The van der Waals surface area contributed by atoms with Crippen LogP contribution >= 0.6 is 0 Å². The second-order valence-corrected chi connectivity index (χ2v) is 13.3. The zero-order valence-electron chi connectivity index (χ0n) is 33.9. The van der Waals surface area contributed by atoms with Gasteiger partial charge in [-0.1, -0.05) is 78.0 Å². The molecule has 2 aromatic carbocycles. The summed E-state index contributed by atoms with van der Waals surface area (Å²) in [6.07, 6.45) is -3.57. The molecule has 2 aliphatic rings. The van der Waals surface area contributed by atoms with Crippen LogP contribution < -0.4 is 5.43 Å². The third-order valence-electron chi connectivity index (χ3n) is 8.97. The molecule has 0 saturated carbocycles. The van der Waals surface area contributed by atoms with Crippen LogP contribution in [-0.2, 0) is 63.7 Å². The number of benzene rings is 2. The van der Waals surface area contributed by atoms with Crippen LogP contribution in [0.25, 0.3) is 5.57 Å². The minimum Gasteiger partial charge on any atom is -0.463 e. The summed E-state index contributed by atoms with van der Waals surface area (Å²) in [6.45, 7) is 7.03. The van der Waals surface area contributed by atoms with E-state index in [1.807, 2.05) is 66.7 Å². The van der Waals surface area contributed by atoms with E-state index < -0.39 is 85.5 Å². The minimum absolute atomic E-state index is 0.00200. The van der Waals surface area contributed by atoms with Gasteiger partial charge in [0.2, 0.25) is 0 Å². The van der Waals surface area contributed by atoms with Crippen LogP contribution in [0.5, 0.6) is 0 Å². The van der Waals surface area contributed by atoms with Crippen LogP contribution in [-0.4, -0.2) is 113 Å². The molecule has 7 atom stereocenters. The highest BCUT2D eigenvalue weighted by atomic mass is 16.7. The molecule has 0 spiro atoms. The molecule has 0 radical (unpaired) electrons. The van der Waals surface area contributed by atoms with Crippen molar-refractivity contribution >= 4 is 41.6 Å². The second kappa shape index (κ2) is 20.9. The number of hydrogen-bond donors (Lipinski definition) is 1. The van der Waals surface area contributed by atoms with E-state index in [0.29, 0.717) is 5.57 Å². The first-order valence-corrected chi connectivity index (χ1v) is 19.1. The Balaban J connectivity index is 1.53. The van der Waals surface area contributed by atoms with E-state index >= 15 is 0 Å². The summed E-state index contributed by atoms with van der Waals surface area (Å²) in [4.78, 5) is 75.2. The van der Waals surface area contributed by atoms with Crippen LogP contribution in [0, 0.1) is 0 Å². The first-order chi connectivity index (χ1) is 28.8. The van der Waals surface area contributed by atoms with E-state index in [2.05, 4.69) is 15.7 Å².